The largest absolute Gasteiger partial charge is 0.306 e. The van der Waals surface area contributed by atoms with Crippen molar-refractivity contribution in [1.82, 2.24) is 5.32 Å². The van der Waals surface area contributed by atoms with Crippen LogP contribution in [-0.4, -0.2) is 6.54 Å². The SMILES string of the molecule is CCCNC(c1ccc(Cl)c(Br)c1)c1sc(C)cc1C. The third kappa shape index (κ3) is 3.64. The second-order valence-corrected chi connectivity index (χ2v) is 7.51. The van der Waals surface area contributed by atoms with Crippen LogP contribution in [0.2, 0.25) is 5.02 Å². The second-order valence-electron chi connectivity index (χ2n) is 4.96. The summed E-state index contributed by atoms with van der Waals surface area (Å²) in [6.07, 6.45) is 1.12. The Morgan fingerprint density at radius 3 is 2.60 bits per heavy atom. The highest BCUT2D eigenvalue weighted by molar-refractivity contribution is 9.10. The molecule has 0 aliphatic rings. The van der Waals surface area contributed by atoms with Crippen molar-refractivity contribution in [3.05, 3.63) is 54.6 Å². The lowest BCUT2D eigenvalue weighted by Crippen LogP contribution is -2.23. The Kier molecular flexibility index (Phi) is 5.67. The molecule has 1 heterocycles. The maximum atomic E-state index is 6.11. The molecule has 0 spiro atoms. The monoisotopic (exact) mass is 371 g/mol. The summed E-state index contributed by atoms with van der Waals surface area (Å²) in [6, 6.07) is 8.67. The molecule has 1 atom stereocenters. The molecule has 2 aromatic rings. The molecule has 1 unspecified atom stereocenters. The number of thiophene rings is 1. The van der Waals surface area contributed by atoms with E-state index < -0.39 is 0 Å². The lowest BCUT2D eigenvalue weighted by atomic mass is 10.0. The summed E-state index contributed by atoms with van der Waals surface area (Å²) in [5.41, 5.74) is 2.60. The minimum absolute atomic E-state index is 0.238. The zero-order valence-electron chi connectivity index (χ0n) is 12.0. The topological polar surface area (TPSA) is 12.0 Å². The fourth-order valence-electron chi connectivity index (χ4n) is 2.29. The van der Waals surface area contributed by atoms with Gasteiger partial charge in [0.2, 0.25) is 0 Å². The van der Waals surface area contributed by atoms with Crippen LogP contribution in [0.25, 0.3) is 0 Å². The predicted molar refractivity (Wildman–Crippen MR) is 93.1 cm³/mol. The molecule has 4 heteroatoms. The fourth-order valence-corrected chi connectivity index (χ4v) is 3.94. The molecule has 1 N–H and O–H groups in total. The summed E-state index contributed by atoms with van der Waals surface area (Å²) < 4.78 is 0.950. The van der Waals surface area contributed by atoms with Gasteiger partial charge in [0.15, 0.2) is 0 Å². The fraction of sp³-hybridized carbons (Fsp3) is 0.375. The highest BCUT2D eigenvalue weighted by Crippen LogP contribution is 2.34. The average molecular weight is 373 g/mol. The van der Waals surface area contributed by atoms with Gasteiger partial charge in [0.05, 0.1) is 11.1 Å². The molecule has 0 radical (unpaired) electrons. The van der Waals surface area contributed by atoms with Crippen molar-refractivity contribution in [3.63, 3.8) is 0 Å². The standard InChI is InChI=1S/C16H19BrClNS/c1-4-7-19-15(16-10(2)8-11(3)20-16)12-5-6-14(18)13(17)9-12/h5-6,8-9,15,19H,4,7H2,1-3H3. The van der Waals surface area contributed by atoms with Crippen LogP contribution in [0.1, 0.15) is 40.3 Å². The van der Waals surface area contributed by atoms with Gasteiger partial charge in [-0.3, -0.25) is 0 Å². The Bertz CT molecular complexity index is 594. The van der Waals surface area contributed by atoms with E-state index >= 15 is 0 Å². The predicted octanol–water partition coefficient (Wildman–Crippen LogP) is 5.87. The van der Waals surface area contributed by atoms with E-state index in [4.69, 9.17) is 11.6 Å². The molecular weight excluding hydrogens is 354 g/mol. The van der Waals surface area contributed by atoms with Crippen molar-refractivity contribution in [2.75, 3.05) is 6.54 Å². The van der Waals surface area contributed by atoms with E-state index in [1.54, 1.807) is 0 Å². The van der Waals surface area contributed by atoms with E-state index in [1.807, 2.05) is 17.4 Å². The minimum Gasteiger partial charge on any atom is -0.306 e. The highest BCUT2D eigenvalue weighted by Gasteiger charge is 2.18. The summed E-state index contributed by atoms with van der Waals surface area (Å²) in [5.74, 6) is 0. The highest BCUT2D eigenvalue weighted by atomic mass is 79.9. The third-order valence-electron chi connectivity index (χ3n) is 3.22. The summed E-state index contributed by atoms with van der Waals surface area (Å²) in [7, 11) is 0. The van der Waals surface area contributed by atoms with Crippen LogP contribution in [0.5, 0.6) is 0 Å². The summed E-state index contributed by atoms with van der Waals surface area (Å²) in [4.78, 5) is 2.75. The van der Waals surface area contributed by atoms with Crippen molar-refractivity contribution in [2.45, 2.75) is 33.2 Å². The van der Waals surface area contributed by atoms with Gasteiger partial charge in [0.25, 0.3) is 0 Å². The second kappa shape index (κ2) is 7.08. The number of benzene rings is 1. The van der Waals surface area contributed by atoms with Crippen molar-refractivity contribution in [2.24, 2.45) is 0 Å². The van der Waals surface area contributed by atoms with Crippen molar-refractivity contribution >= 4 is 38.9 Å². The lowest BCUT2D eigenvalue weighted by Gasteiger charge is -2.19. The number of halogens is 2. The van der Waals surface area contributed by atoms with Crippen LogP contribution in [0.15, 0.2) is 28.7 Å². The Hall–Kier alpha value is -0.350. The Balaban J connectivity index is 2.41. The maximum Gasteiger partial charge on any atom is 0.0674 e. The molecule has 0 saturated heterocycles. The average Bonchev–Trinajstić information content (AvgIpc) is 2.73. The van der Waals surface area contributed by atoms with Crippen LogP contribution in [0.4, 0.5) is 0 Å². The molecule has 108 valence electrons. The molecule has 2 rings (SSSR count). The maximum absolute atomic E-state index is 6.11. The molecular formula is C16H19BrClNS. The van der Waals surface area contributed by atoms with Crippen LogP contribution in [-0.2, 0) is 0 Å². The number of hydrogen-bond acceptors (Lipinski definition) is 2. The zero-order chi connectivity index (χ0) is 14.7. The number of hydrogen-bond donors (Lipinski definition) is 1. The van der Waals surface area contributed by atoms with Gasteiger partial charge < -0.3 is 5.32 Å². The van der Waals surface area contributed by atoms with Crippen molar-refractivity contribution in [3.8, 4) is 0 Å². The first-order valence-electron chi connectivity index (χ1n) is 6.78. The first kappa shape index (κ1) is 16.0. The van der Waals surface area contributed by atoms with Gasteiger partial charge in [0.1, 0.15) is 0 Å². The van der Waals surface area contributed by atoms with E-state index in [2.05, 4.69) is 60.2 Å². The van der Waals surface area contributed by atoms with Gasteiger partial charge in [-0.15, -0.1) is 11.3 Å². The normalized spacial score (nSPS) is 12.7. The van der Waals surface area contributed by atoms with Crippen LogP contribution >= 0.6 is 38.9 Å². The van der Waals surface area contributed by atoms with E-state index in [9.17, 15) is 0 Å². The van der Waals surface area contributed by atoms with Crippen molar-refractivity contribution < 1.29 is 0 Å². The van der Waals surface area contributed by atoms with E-state index in [-0.39, 0.29) is 6.04 Å². The quantitative estimate of drug-likeness (QED) is 0.692. The smallest absolute Gasteiger partial charge is 0.0674 e. The molecule has 0 aliphatic heterocycles. The van der Waals surface area contributed by atoms with E-state index in [0.29, 0.717) is 0 Å². The molecule has 0 aliphatic carbocycles. The Labute approximate surface area is 138 Å². The molecule has 0 fully saturated rings. The molecule has 1 aromatic carbocycles. The molecule has 0 amide bonds. The van der Waals surface area contributed by atoms with Gasteiger partial charge in [0, 0.05) is 14.2 Å². The number of aryl methyl sites for hydroxylation is 2. The lowest BCUT2D eigenvalue weighted by molar-refractivity contribution is 0.604. The summed E-state index contributed by atoms with van der Waals surface area (Å²) in [5, 5.41) is 4.40. The van der Waals surface area contributed by atoms with Crippen LogP contribution < -0.4 is 5.32 Å². The first-order chi connectivity index (χ1) is 9.52. The third-order valence-corrected chi connectivity index (χ3v) is 5.65. The van der Waals surface area contributed by atoms with Gasteiger partial charge >= 0.3 is 0 Å². The molecule has 0 saturated carbocycles. The van der Waals surface area contributed by atoms with Crippen LogP contribution in [0, 0.1) is 13.8 Å². The van der Waals surface area contributed by atoms with Gasteiger partial charge in [-0.1, -0.05) is 24.6 Å². The van der Waals surface area contributed by atoms with Gasteiger partial charge in [-0.05, 0) is 72.1 Å². The number of rotatable bonds is 5. The Morgan fingerprint density at radius 1 is 1.30 bits per heavy atom. The van der Waals surface area contributed by atoms with Gasteiger partial charge in [-0.2, -0.15) is 0 Å². The van der Waals surface area contributed by atoms with Crippen molar-refractivity contribution in [1.29, 1.82) is 0 Å². The van der Waals surface area contributed by atoms with E-state index in [1.165, 1.54) is 20.9 Å². The summed E-state index contributed by atoms with van der Waals surface area (Å²) >= 11 is 11.5. The van der Waals surface area contributed by atoms with Crippen LogP contribution in [0.3, 0.4) is 0 Å². The Morgan fingerprint density at radius 2 is 2.05 bits per heavy atom. The first-order valence-corrected chi connectivity index (χ1v) is 8.77. The molecule has 0 bridgehead atoms. The molecule has 20 heavy (non-hydrogen) atoms. The van der Waals surface area contributed by atoms with E-state index in [0.717, 1.165) is 22.5 Å². The number of nitrogens with one attached hydrogen (secondary N) is 1. The summed E-state index contributed by atoms with van der Waals surface area (Å²) in [6.45, 7) is 7.54. The molecule has 1 nitrogen and oxygen atoms in total. The molecule has 1 aromatic heterocycles. The zero-order valence-corrected chi connectivity index (χ0v) is 15.1. The van der Waals surface area contributed by atoms with Gasteiger partial charge in [-0.25, -0.2) is 0 Å². The minimum atomic E-state index is 0.238.